The number of anilines is 2. The second-order valence-electron chi connectivity index (χ2n) is 6.39. The van der Waals surface area contributed by atoms with Gasteiger partial charge in [0.25, 0.3) is 0 Å². The first kappa shape index (κ1) is 17.2. The first-order valence-corrected chi connectivity index (χ1v) is 9.06. The standard InChI is InChI=1S/C22H22N4O/c1-27-18-11-7-10-17(14-18)24-21-15-20(16-8-3-2-4-9-16)25-22(26-21)19-12-5-6-13-23-19/h2-11,14-15,19,23H,12-13H2,1H3,(H,24,25,26). The zero-order valence-electron chi connectivity index (χ0n) is 15.2. The van der Waals surface area contributed by atoms with Gasteiger partial charge >= 0.3 is 0 Å². The zero-order chi connectivity index (χ0) is 18.5. The molecule has 0 fully saturated rings. The predicted molar refractivity (Wildman–Crippen MR) is 108 cm³/mol. The maximum atomic E-state index is 5.31. The number of ether oxygens (including phenoxy) is 1. The van der Waals surface area contributed by atoms with E-state index in [-0.39, 0.29) is 6.04 Å². The van der Waals surface area contributed by atoms with Crippen LogP contribution in [-0.2, 0) is 0 Å². The molecule has 0 radical (unpaired) electrons. The van der Waals surface area contributed by atoms with Crippen LogP contribution in [0.1, 0.15) is 18.3 Å². The Labute approximate surface area is 159 Å². The Bertz CT molecular complexity index is 940. The number of rotatable bonds is 5. The van der Waals surface area contributed by atoms with Crippen LogP contribution in [0.2, 0.25) is 0 Å². The van der Waals surface area contributed by atoms with Gasteiger partial charge in [0.2, 0.25) is 0 Å². The number of hydrogen-bond acceptors (Lipinski definition) is 5. The first-order chi connectivity index (χ1) is 13.3. The van der Waals surface area contributed by atoms with Crippen LogP contribution in [0, 0.1) is 0 Å². The van der Waals surface area contributed by atoms with Gasteiger partial charge in [0.05, 0.1) is 18.8 Å². The lowest BCUT2D eigenvalue weighted by atomic mass is 10.1. The largest absolute Gasteiger partial charge is 0.497 e. The highest BCUT2D eigenvalue weighted by atomic mass is 16.5. The summed E-state index contributed by atoms with van der Waals surface area (Å²) in [6, 6.07) is 20.1. The van der Waals surface area contributed by atoms with Crippen molar-refractivity contribution in [2.75, 3.05) is 19.0 Å². The summed E-state index contributed by atoms with van der Waals surface area (Å²) in [4.78, 5) is 9.60. The number of nitrogens with zero attached hydrogens (tertiary/aromatic N) is 2. The van der Waals surface area contributed by atoms with Gasteiger partial charge in [-0.3, -0.25) is 0 Å². The number of nitrogens with one attached hydrogen (secondary N) is 2. The minimum atomic E-state index is 0.115. The number of aromatic nitrogens is 2. The van der Waals surface area contributed by atoms with Gasteiger partial charge in [-0.15, -0.1) is 0 Å². The molecule has 0 saturated carbocycles. The van der Waals surface area contributed by atoms with Crippen molar-refractivity contribution in [3.8, 4) is 17.0 Å². The fourth-order valence-electron chi connectivity index (χ4n) is 3.10. The molecule has 1 aromatic heterocycles. The summed E-state index contributed by atoms with van der Waals surface area (Å²) >= 11 is 0. The summed E-state index contributed by atoms with van der Waals surface area (Å²) in [7, 11) is 1.66. The monoisotopic (exact) mass is 358 g/mol. The van der Waals surface area contributed by atoms with Gasteiger partial charge in [-0.2, -0.15) is 0 Å². The molecule has 2 aromatic carbocycles. The van der Waals surface area contributed by atoms with Gasteiger partial charge in [0.15, 0.2) is 0 Å². The molecule has 0 aliphatic carbocycles. The van der Waals surface area contributed by atoms with Crippen molar-refractivity contribution in [3.05, 3.63) is 78.6 Å². The first-order valence-electron chi connectivity index (χ1n) is 9.06. The average molecular weight is 358 g/mol. The van der Waals surface area contributed by atoms with E-state index < -0.39 is 0 Å². The lowest BCUT2D eigenvalue weighted by Gasteiger charge is -2.20. The third-order valence-electron chi connectivity index (χ3n) is 4.49. The Balaban J connectivity index is 1.72. The molecule has 5 nitrogen and oxygen atoms in total. The van der Waals surface area contributed by atoms with Gasteiger partial charge in [-0.05, 0) is 18.6 Å². The summed E-state index contributed by atoms with van der Waals surface area (Å²) in [6.45, 7) is 0.836. The van der Waals surface area contributed by atoms with E-state index in [2.05, 4.69) is 34.9 Å². The fraction of sp³-hybridized carbons (Fsp3) is 0.182. The topological polar surface area (TPSA) is 59.1 Å². The predicted octanol–water partition coefficient (Wildman–Crippen LogP) is 4.49. The van der Waals surface area contributed by atoms with Gasteiger partial charge in [-0.25, -0.2) is 9.97 Å². The third-order valence-corrected chi connectivity index (χ3v) is 4.49. The van der Waals surface area contributed by atoms with Crippen LogP contribution in [0.15, 0.2) is 72.8 Å². The van der Waals surface area contributed by atoms with Gasteiger partial charge in [0.1, 0.15) is 17.4 Å². The highest BCUT2D eigenvalue weighted by Gasteiger charge is 2.17. The van der Waals surface area contributed by atoms with E-state index in [1.54, 1.807) is 7.11 Å². The van der Waals surface area contributed by atoms with Crippen LogP contribution in [0.5, 0.6) is 5.75 Å². The molecule has 3 aromatic rings. The Morgan fingerprint density at radius 1 is 1.00 bits per heavy atom. The second kappa shape index (κ2) is 8.01. The van der Waals surface area contributed by atoms with Crippen LogP contribution in [0.3, 0.4) is 0 Å². The lowest BCUT2D eigenvalue weighted by molar-refractivity contribution is 0.415. The Hall–Kier alpha value is -3.18. The van der Waals surface area contributed by atoms with Crippen LogP contribution in [0.4, 0.5) is 11.5 Å². The van der Waals surface area contributed by atoms with E-state index in [9.17, 15) is 0 Å². The molecule has 4 rings (SSSR count). The zero-order valence-corrected chi connectivity index (χ0v) is 15.2. The molecule has 1 aliphatic heterocycles. The minimum absolute atomic E-state index is 0.115. The highest BCUT2D eigenvalue weighted by Crippen LogP contribution is 2.27. The molecule has 0 saturated heterocycles. The van der Waals surface area contributed by atoms with E-state index in [4.69, 9.17) is 14.7 Å². The summed E-state index contributed by atoms with van der Waals surface area (Å²) in [6.07, 6.45) is 5.19. The summed E-state index contributed by atoms with van der Waals surface area (Å²) in [5.74, 6) is 2.37. The molecule has 2 N–H and O–H groups in total. The second-order valence-corrected chi connectivity index (χ2v) is 6.39. The molecule has 1 aliphatic rings. The number of methoxy groups -OCH3 is 1. The Morgan fingerprint density at radius 2 is 1.89 bits per heavy atom. The fourth-order valence-corrected chi connectivity index (χ4v) is 3.10. The maximum absolute atomic E-state index is 5.31. The smallest absolute Gasteiger partial charge is 0.148 e. The third kappa shape index (κ3) is 4.15. The van der Waals surface area contributed by atoms with Gasteiger partial charge in [0, 0.05) is 29.9 Å². The van der Waals surface area contributed by atoms with Crippen molar-refractivity contribution in [2.24, 2.45) is 0 Å². The van der Waals surface area contributed by atoms with E-state index in [0.717, 1.165) is 47.3 Å². The SMILES string of the molecule is COc1cccc(Nc2cc(-c3ccccc3)nc(C3CC=CCN3)n2)c1. The maximum Gasteiger partial charge on any atom is 0.148 e. The van der Waals surface area contributed by atoms with Gasteiger partial charge < -0.3 is 15.4 Å². The molecular weight excluding hydrogens is 336 g/mol. The molecular formula is C22H22N4O. The molecule has 0 spiro atoms. The molecule has 27 heavy (non-hydrogen) atoms. The summed E-state index contributed by atoms with van der Waals surface area (Å²) in [5, 5.41) is 6.86. The molecule has 0 amide bonds. The van der Waals surface area contributed by atoms with Crippen molar-refractivity contribution < 1.29 is 4.74 Å². The number of benzene rings is 2. The van der Waals surface area contributed by atoms with Crippen molar-refractivity contribution in [1.29, 1.82) is 0 Å². The summed E-state index contributed by atoms with van der Waals surface area (Å²) < 4.78 is 5.31. The normalized spacial score (nSPS) is 16.1. The van der Waals surface area contributed by atoms with E-state index >= 15 is 0 Å². The highest BCUT2D eigenvalue weighted by molar-refractivity contribution is 5.66. The molecule has 136 valence electrons. The molecule has 1 unspecified atom stereocenters. The van der Waals surface area contributed by atoms with Crippen LogP contribution < -0.4 is 15.4 Å². The minimum Gasteiger partial charge on any atom is -0.497 e. The van der Waals surface area contributed by atoms with Crippen LogP contribution >= 0.6 is 0 Å². The Kier molecular flexibility index (Phi) is 5.12. The van der Waals surface area contributed by atoms with Crippen molar-refractivity contribution >= 4 is 11.5 Å². The summed E-state index contributed by atoms with van der Waals surface area (Å²) in [5.41, 5.74) is 2.90. The van der Waals surface area contributed by atoms with Crippen molar-refractivity contribution in [1.82, 2.24) is 15.3 Å². The van der Waals surface area contributed by atoms with Crippen LogP contribution in [-0.4, -0.2) is 23.6 Å². The van der Waals surface area contributed by atoms with Crippen LogP contribution in [0.25, 0.3) is 11.3 Å². The average Bonchev–Trinajstić information content (AvgIpc) is 2.75. The molecule has 5 heteroatoms. The number of hydrogen-bond donors (Lipinski definition) is 2. The van der Waals surface area contributed by atoms with Gasteiger partial charge in [-0.1, -0.05) is 48.6 Å². The molecule has 0 bridgehead atoms. The Morgan fingerprint density at radius 3 is 2.67 bits per heavy atom. The van der Waals surface area contributed by atoms with Crippen molar-refractivity contribution in [2.45, 2.75) is 12.5 Å². The molecule has 1 atom stereocenters. The van der Waals surface area contributed by atoms with E-state index in [1.165, 1.54) is 0 Å². The quantitative estimate of drug-likeness (QED) is 0.658. The van der Waals surface area contributed by atoms with Crippen molar-refractivity contribution in [3.63, 3.8) is 0 Å². The molecule has 2 heterocycles. The lowest BCUT2D eigenvalue weighted by Crippen LogP contribution is -2.26. The van der Waals surface area contributed by atoms with E-state index in [1.807, 2.05) is 48.5 Å². The van der Waals surface area contributed by atoms with E-state index in [0.29, 0.717) is 0 Å².